The third kappa shape index (κ3) is 31.2. The molecule has 47 heteroatoms. The molecule has 1 aliphatic rings. The predicted octanol–water partition coefficient (Wildman–Crippen LogP) is 18.0. The number of carbonyl (C=O) groups is 6. The lowest BCUT2D eigenvalue weighted by Gasteiger charge is -2.26. The lowest BCUT2D eigenvalue weighted by Crippen LogP contribution is -2.38. The van der Waals surface area contributed by atoms with E-state index in [4.69, 9.17) is 24.2 Å². The summed E-state index contributed by atoms with van der Waals surface area (Å²) >= 11 is 5.50. The summed E-state index contributed by atoms with van der Waals surface area (Å²) in [5.74, 6) is -1.09. The van der Waals surface area contributed by atoms with Gasteiger partial charge in [-0.15, -0.1) is 56.7 Å². The molecule has 12 rings (SSSR count). The molecule has 1 fully saturated rings. The molecule has 11 heterocycles. The monoisotopic (exact) mass is 1970 g/mol. The van der Waals surface area contributed by atoms with Crippen LogP contribution in [0, 0.1) is 23.2 Å². The molecular weight excluding hydrogens is 1880 g/mol. The number of nitriles is 1. The number of amides is 5. The highest BCUT2D eigenvalue weighted by atomic mass is 32.1. The van der Waals surface area contributed by atoms with Gasteiger partial charge in [-0.3, -0.25) is 57.1 Å². The fraction of sp³-hybridized carbons (Fsp3) is 0.442. The number of aromatic nitrogens is 10. The molecule has 0 atom stereocenters. The summed E-state index contributed by atoms with van der Waals surface area (Å²) in [6.45, 7) is 17.9. The lowest BCUT2D eigenvalue weighted by molar-refractivity contribution is -0.144. The summed E-state index contributed by atoms with van der Waals surface area (Å²) < 4.78 is 218. The van der Waals surface area contributed by atoms with Crippen molar-refractivity contribution in [2.75, 3.05) is 120 Å². The average molecular weight is 1980 g/mol. The number of halogens is 15. The number of benzene rings is 1. The van der Waals surface area contributed by atoms with E-state index >= 15 is 0 Å². The zero-order valence-electron chi connectivity index (χ0n) is 74.4. The van der Waals surface area contributed by atoms with Crippen LogP contribution in [0.2, 0.25) is 0 Å². The van der Waals surface area contributed by atoms with E-state index in [1.807, 2.05) is 69.0 Å². The SMILES string of the molecule is CC(C)CN(CC(C)C)C(=O)c1ccc(-c2cc(C(F)(F)F)n(C)n2)s1.CCOC(=O)CN(Cc1ccccc1)C(=O)c1ccc(-c2cc(C(F)(F)F)n(C)n2)s1.CN(CCC#N)C(=O)c1ccc(-c2cc(C(F)(F)F)n(C)n2)s1.COCCN(CCOC)C(=O)c1ccc(-c2cc(C(F)(F)F)n(C)n2)s1.Cn1nc(-c2ccc(C(=O)NCCCN3CCOCC3)s2)cc1C(F)(F)F. The molecule has 1 N–H and O–H groups in total. The van der Waals surface area contributed by atoms with Gasteiger partial charge in [-0.1, -0.05) is 58.0 Å². The fourth-order valence-corrected chi connectivity index (χ4v) is 17.4. The average Bonchev–Trinajstić information content (AvgIpc) is 1.67. The van der Waals surface area contributed by atoms with Gasteiger partial charge in [-0.05, 0) is 128 Å². The number of hydrogen-bond donors (Lipinski definition) is 1. The number of nitrogens with zero attached hydrogens (tertiary/aromatic N) is 16. The van der Waals surface area contributed by atoms with Crippen molar-refractivity contribution in [2.45, 2.75) is 84.9 Å². The zero-order chi connectivity index (χ0) is 98.2. The van der Waals surface area contributed by atoms with Crippen LogP contribution in [0.5, 0.6) is 0 Å². The molecule has 1 aromatic carbocycles. The number of methoxy groups -OCH3 is 2. The first kappa shape index (κ1) is 107. The summed E-state index contributed by atoms with van der Waals surface area (Å²) in [5, 5.41) is 30.9. The molecule has 5 amide bonds. The van der Waals surface area contributed by atoms with Gasteiger partial charge in [0.15, 0.2) is 0 Å². The quantitative estimate of drug-likeness (QED) is 0.0240. The lowest BCUT2D eigenvalue weighted by atomic mass is 10.1. The highest BCUT2D eigenvalue weighted by molar-refractivity contribution is 7.18. The summed E-state index contributed by atoms with van der Waals surface area (Å²) in [5.41, 5.74) is -2.45. The van der Waals surface area contributed by atoms with Gasteiger partial charge >= 0.3 is 36.9 Å². The Morgan fingerprint density at radius 3 is 1.13 bits per heavy atom. The predicted molar refractivity (Wildman–Crippen MR) is 472 cm³/mol. The second-order valence-corrected chi connectivity index (χ2v) is 35.8. The maximum Gasteiger partial charge on any atom is 0.433 e. The van der Waals surface area contributed by atoms with Crippen LogP contribution in [0.1, 0.15) is 130 Å². The second-order valence-electron chi connectivity index (χ2n) is 30.4. The fourth-order valence-electron chi connectivity index (χ4n) is 12.8. The minimum absolute atomic E-state index is 0.0874. The number of esters is 1. The van der Waals surface area contributed by atoms with Crippen LogP contribution >= 0.6 is 56.7 Å². The highest BCUT2D eigenvalue weighted by Crippen LogP contribution is 2.41. The first-order valence-electron chi connectivity index (χ1n) is 40.9. The molecule has 0 saturated carbocycles. The molecule has 0 aliphatic carbocycles. The maximum absolute atomic E-state index is 13.1. The molecule has 722 valence electrons. The Balaban J connectivity index is 0.000000205. The molecule has 1 aliphatic heterocycles. The maximum atomic E-state index is 13.1. The summed E-state index contributed by atoms with van der Waals surface area (Å²) in [6.07, 6.45) is -21.4. The number of nitrogens with one attached hydrogen (secondary N) is 1. The van der Waals surface area contributed by atoms with Gasteiger partial charge in [0.1, 0.15) is 63.5 Å². The normalized spacial score (nSPS) is 12.5. The van der Waals surface area contributed by atoms with Crippen molar-refractivity contribution in [2.24, 2.45) is 47.1 Å². The number of rotatable bonds is 31. The minimum Gasteiger partial charge on any atom is -0.465 e. The number of carbonyl (C=O) groups excluding carboxylic acids is 6. The van der Waals surface area contributed by atoms with Gasteiger partial charge in [0.2, 0.25) is 0 Å². The van der Waals surface area contributed by atoms with Crippen LogP contribution in [-0.4, -0.2) is 229 Å². The van der Waals surface area contributed by atoms with Crippen molar-refractivity contribution in [3.8, 4) is 58.9 Å². The molecule has 133 heavy (non-hydrogen) atoms. The highest BCUT2D eigenvalue weighted by Gasteiger charge is 2.40. The molecular formula is C86H98F15N17O10S5. The smallest absolute Gasteiger partial charge is 0.433 e. The minimum atomic E-state index is -4.53. The third-order valence-electron chi connectivity index (χ3n) is 19.2. The second kappa shape index (κ2) is 48.2. The number of ether oxygens (including phenoxy) is 4. The molecule has 0 bridgehead atoms. The Morgan fingerprint density at radius 2 is 0.805 bits per heavy atom. The van der Waals surface area contributed by atoms with Crippen molar-refractivity contribution in [1.29, 1.82) is 5.26 Å². The molecule has 1 saturated heterocycles. The van der Waals surface area contributed by atoms with Crippen LogP contribution < -0.4 is 5.32 Å². The number of aryl methyl sites for hydroxylation is 5. The number of hydrogen-bond acceptors (Lipinski definition) is 22. The largest absolute Gasteiger partial charge is 0.465 e. The van der Waals surface area contributed by atoms with Crippen LogP contribution in [0.4, 0.5) is 65.9 Å². The van der Waals surface area contributed by atoms with Gasteiger partial charge in [-0.25, -0.2) is 0 Å². The van der Waals surface area contributed by atoms with E-state index in [1.165, 1.54) is 62.4 Å². The molecule has 0 spiro atoms. The van der Waals surface area contributed by atoms with Crippen molar-refractivity contribution >= 4 is 92.2 Å². The van der Waals surface area contributed by atoms with E-state index in [9.17, 15) is 94.6 Å². The van der Waals surface area contributed by atoms with Crippen LogP contribution in [-0.2, 0) is 96.4 Å². The Kier molecular flexibility index (Phi) is 38.8. The first-order valence-corrected chi connectivity index (χ1v) is 44.9. The van der Waals surface area contributed by atoms with Crippen molar-refractivity contribution in [3.05, 3.63) is 180 Å². The van der Waals surface area contributed by atoms with Crippen molar-refractivity contribution in [1.82, 2.24) is 78.7 Å². The number of morpholine rings is 1. The summed E-state index contributed by atoms with van der Waals surface area (Å²) in [6, 6.07) is 31.9. The summed E-state index contributed by atoms with van der Waals surface area (Å²) in [7, 11) is 10.9. The van der Waals surface area contributed by atoms with E-state index in [-0.39, 0.29) is 83.1 Å². The molecule has 11 aromatic rings. The van der Waals surface area contributed by atoms with Crippen LogP contribution in [0.3, 0.4) is 0 Å². The van der Waals surface area contributed by atoms with Crippen molar-refractivity contribution < 1.29 is 114 Å². The Bertz CT molecular complexity index is 5660. The first-order chi connectivity index (χ1) is 62.5. The molecule has 27 nitrogen and oxygen atoms in total. The third-order valence-corrected chi connectivity index (χ3v) is 24.7. The van der Waals surface area contributed by atoms with Crippen LogP contribution in [0.25, 0.3) is 52.9 Å². The van der Waals surface area contributed by atoms with Gasteiger partial charge in [0, 0.05) is 115 Å². The van der Waals surface area contributed by atoms with E-state index in [0.717, 1.165) is 144 Å². The van der Waals surface area contributed by atoms with Gasteiger partial charge < -0.3 is 43.9 Å². The number of alkyl halides is 15. The van der Waals surface area contributed by atoms with E-state index in [2.05, 4.69) is 35.7 Å². The Morgan fingerprint density at radius 1 is 0.474 bits per heavy atom. The Labute approximate surface area is 775 Å². The Hall–Kier alpha value is -11.1. The molecule has 0 unspecified atom stereocenters. The molecule has 10 aromatic heterocycles. The zero-order valence-corrected chi connectivity index (χ0v) is 78.5. The van der Waals surface area contributed by atoms with E-state index < -0.39 is 71.2 Å². The van der Waals surface area contributed by atoms with Gasteiger partial charge in [0.05, 0.1) is 94.3 Å². The van der Waals surface area contributed by atoms with Crippen LogP contribution in [0.15, 0.2) is 121 Å². The summed E-state index contributed by atoms with van der Waals surface area (Å²) in [4.78, 5) is 87.9. The van der Waals surface area contributed by atoms with E-state index in [0.29, 0.717) is 108 Å². The molecule has 0 radical (unpaired) electrons. The van der Waals surface area contributed by atoms with Crippen molar-refractivity contribution in [3.63, 3.8) is 0 Å². The number of thiophene rings is 5. The van der Waals surface area contributed by atoms with Gasteiger partial charge in [-0.2, -0.15) is 96.6 Å². The topological polar surface area (TPSA) is 280 Å². The van der Waals surface area contributed by atoms with E-state index in [1.54, 1.807) is 87.7 Å². The standard InChI is InChI=1S/C21H20F3N3O3S.C18H24F3N3OS.C17H21F3N4O2S.C16H20F3N3O3S.C14H13F3N4OS/c1-3-30-19(28)13-27(12-14-7-5-4-6-8-14)20(29)17-10-9-16(31-17)15-11-18(21(22,23)24)26(2)25-15;1-11(2)9-24(10-12(3)4)17(25)15-7-6-14(26-15)13-8-16(18(19,20)21)23(5)22-13;1-23-15(17(18,19)20)11-12(22-23)13-3-4-14(27-13)16(25)21-5-2-6-24-7-9-26-10-8-24;1-21-14(16(17,18)19)10-11(20-21)12-4-5-13(26-12)15(23)22(6-8-24-2)7-9-25-3;1-20(7-3-6-18)13(22)11-5-4-10(23-11)9-8-12(14(15,16)17)21(2)19-9/h4-11H,3,12-13H2,1-2H3;6-8,11-12H,9-10H2,1-5H3;3-4,11H,2,5-10H2,1H3,(H,21,25);4-5,10H,6-9H2,1-3H3;4-5,8H,3,7H2,1-2H3. The van der Waals surface area contributed by atoms with Gasteiger partial charge in [0.25, 0.3) is 29.5 Å².